The average molecular weight is 433 g/mol. The van der Waals surface area contributed by atoms with Crippen LogP contribution >= 0.6 is 0 Å². The summed E-state index contributed by atoms with van der Waals surface area (Å²) < 4.78 is 4.93. The van der Waals surface area contributed by atoms with Gasteiger partial charge in [0.15, 0.2) is 5.75 Å². The van der Waals surface area contributed by atoms with Crippen LogP contribution in [0.4, 0.5) is 0 Å². The Bertz CT molecular complexity index is 701. The van der Waals surface area contributed by atoms with Crippen molar-refractivity contribution in [3.63, 3.8) is 0 Å². The number of carbonyl (C=O) groups excluding carboxylic acids is 2. The Labute approximate surface area is 187 Å². The molecule has 0 radical (unpaired) electrons. The molecule has 1 aliphatic carbocycles. The summed E-state index contributed by atoms with van der Waals surface area (Å²) in [6, 6.07) is 8.06. The van der Waals surface area contributed by atoms with E-state index in [9.17, 15) is 9.59 Å². The molecule has 1 aliphatic rings. The summed E-state index contributed by atoms with van der Waals surface area (Å²) >= 11 is 0. The van der Waals surface area contributed by atoms with E-state index in [1.165, 1.54) is 17.7 Å². The minimum Gasteiger partial charge on any atom is -0.469 e. The zero-order chi connectivity index (χ0) is 22.9. The highest BCUT2D eigenvalue weighted by atomic mass is 16.7. The van der Waals surface area contributed by atoms with Gasteiger partial charge >= 0.3 is 5.97 Å². The molecule has 6 heteroatoms. The van der Waals surface area contributed by atoms with Crippen LogP contribution in [0.5, 0.6) is 5.75 Å². The Kier molecular flexibility index (Phi) is 9.82. The quantitative estimate of drug-likeness (QED) is 0.273. The van der Waals surface area contributed by atoms with Crippen LogP contribution in [0.2, 0.25) is 0 Å². The number of carbonyl (C=O) groups is 2. The highest BCUT2D eigenvalue weighted by Crippen LogP contribution is 2.40. The van der Waals surface area contributed by atoms with Crippen molar-refractivity contribution in [2.24, 2.45) is 11.3 Å². The van der Waals surface area contributed by atoms with E-state index in [-0.39, 0.29) is 11.4 Å². The van der Waals surface area contributed by atoms with Gasteiger partial charge in [-0.25, -0.2) is 0 Å². The number of amides is 1. The van der Waals surface area contributed by atoms with Gasteiger partial charge in [0.1, 0.15) is 0 Å². The molecular weight excluding hydrogens is 392 g/mol. The van der Waals surface area contributed by atoms with Crippen molar-refractivity contribution in [1.29, 1.82) is 0 Å². The van der Waals surface area contributed by atoms with Crippen molar-refractivity contribution >= 4 is 12.4 Å². The molecule has 0 saturated heterocycles. The van der Waals surface area contributed by atoms with Gasteiger partial charge < -0.3 is 14.5 Å². The molecular formula is C25H40N2O4. The van der Waals surface area contributed by atoms with Crippen LogP contribution < -0.4 is 4.84 Å². The lowest BCUT2D eigenvalue weighted by atomic mass is 9.71. The van der Waals surface area contributed by atoms with Gasteiger partial charge in [0.25, 0.3) is 0 Å². The summed E-state index contributed by atoms with van der Waals surface area (Å²) in [4.78, 5) is 32.1. The number of esters is 1. The van der Waals surface area contributed by atoms with Crippen LogP contribution in [-0.2, 0) is 14.3 Å². The number of rotatable bonds is 12. The molecule has 31 heavy (non-hydrogen) atoms. The Morgan fingerprint density at radius 3 is 2.52 bits per heavy atom. The maximum Gasteiger partial charge on any atom is 0.306 e. The average Bonchev–Trinajstić information content (AvgIpc) is 2.74. The molecule has 0 aromatic heterocycles. The molecule has 1 aromatic rings. The van der Waals surface area contributed by atoms with Crippen molar-refractivity contribution in [2.75, 3.05) is 34.3 Å². The lowest BCUT2D eigenvalue weighted by Crippen LogP contribution is -2.41. The second-order valence-corrected chi connectivity index (χ2v) is 9.41. The summed E-state index contributed by atoms with van der Waals surface area (Å²) in [7, 11) is 5.61. The Balaban J connectivity index is 2.14. The molecule has 2 atom stereocenters. The Hall–Kier alpha value is -2.08. The fourth-order valence-electron chi connectivity index (χ4n) is 5.10. The Morgan fingerprint density at radius 2 is 1.94 bits per heavy atom. The minimum atomic E-state index is -0.282. The van der Waals surface area contributed by atoms with Gasteiger partial charge in [-0.05, 0) is 62.9 Å². The number of hydrogen-bond acceptors (Lipinski definition) is 5. The van der Waals surface area contributed by atoms with Gasteiger partial charge in [0.2, 0.25) is 6.41 Å². The lowest BCUT2D eigenvalue weighted by molar-refractivity contribution is -0.155. The van der Waals surface area contributed by atoms with E-state index in [0.29, 0.717) is 30.6 Å². The van der Waals surface area contributed by atoms with Crippen LogP contribution in [0.25, 0.3) is 0 Å². The monoisotopic (exact) mass is 432 g/mol. The topological polar surface area (TPSA) is 59.1 Å². The molecule has 0 bridgehead atoms. The number of hydrogen-bond donors (Lipinski definition) is 0. The number of benzene rings is 1. The fraction of sp³-hybridized carbons (Fsp3) is 0.680. The number of methoxy groups -OCH3 is 1. The predicted molar refractivity (Wildman–Crippen MR) is 123 cm³/mol. The standard InChI is InChI=1S/C25H40N2O4/c1-6-23(20(2)17-26(3)4)21-11-10-12-22(15-21)31-27(19-28)18-25(16-24(29)30-5)13-8-7-9-14-25/h10-12,15,19-20,23H,6-9,13-14,16-18H2,1-5H3/t20-,23-/m0/s1. The van der Waals surface area contributed by atoms with E-state index in [2.05, 4.69) is 38.9 Å². The summed E-state index contributed by atoms with van der Waals surface area (Å²) in [5, 5.41) is 1.36. The first kappa shape index (κ1) is 25.2. The molecule has 0 heterocycles. The first-order chi connectivity index (χ1) is 14.8. The summed E-state index contributed by atoms with van der Waals surface area (Å²) in [6.45, 7) is 5.89. The van der Waals surface area contributed by atoms with Crippen LogP contribution in [0.3, 0.4) is 0 Å². The van der Waals surface area contributed by atoms with Crippen molar-refractivity contribution < 1.29 is 19.2 Å². The highest BCUT2D eigenvalue weighted by Gasteiger charge is 2.37. The zero-order valence-corrected chi connectivity index (χ0v) is 19.9. The smallest absolute Gasteiger partial charge is 0.306 e. The van der Waals surface area contributed by atoms with E-state index in [1.54, 1.807) is 0 Å². The molecule has 174 valence electrons. The second kappa shape index (κ2) is 12.1. The van der Waals surface area contributed by atoms with E-state index >= 15 is 0 Å². The number of nitrogens with zero attached hydrogens (tertiary/aromatic N) is 2. The maximum atomic E-state index is 12.0. The molecule has 1 fully saturated rings. The highest BCUT2D eigenvalue weighted by molar-refractivity contribution is 5.70. The maximum absolute atomic E-state index is 12.0. The van der Waals surface area contributed by atoms with Gasteiger partial charge in [-0.2, -0.15) is 5.06 Å². The van der Waals surface area contributed by atoms with E-state index < -0.39 is 0 Å². The van der Waals surface area contributed by atoms with Crippen molar-refractivity contribution in [3.05, 3.63) is 29.8 Å². The number of ether oxygens (including phenoxy) is 1. The van der Waals surface area contributed by atoms with E-state index in [1.807, 2.05) is 18.2 Å². The predicted octanol–water partition coefficient (Wildman–Crippen LogP) is 4.64. The van der Waals surface area contributed by atoms with Crippen molar-refractivity contribution in [1.82, 2.24) is 9.96 Å². The van der Waals surface area contributed by atoms with Crippen LogP contribution in [0.1, 0.15) is 70.3 Å². The van der Waals surface area contributed by atoms with Crippen molar-refractivity contribution in [2.45, 2.75) is 64.7 Å². The van der Waals surface area contributed by atoms with Gasteiger partial charge in [-0.15, -0.1) is 0 Å². The van der Waals surface area contributed by atoms with Crippen LogP contribution in [-0.4, -0.2) is 56.6 Å². The van der Waals surface area contributed by atoms with E-state index in [4.69, 9.17) is 9.57 Å². The van der Waals surface area contributed by atoms with Gasteiger partial charge in [-0.3, -0.25) is 9.59 Å². The first-order valence-corrected chi connectivity index (χ1v) is 11.5. The minimum absolute atomic E-state index is 0.226. The molecule has 0 unspecified atom stereocenters. The summed E-state index contributed by atoms with van der Waals surface area (Å²) in [5.41, 5.74) is 0.942. The molecule has 0 aliphatic heterocycles. The van der Waals surface area contributed by atoms with Gasteiger partial charge in [0.05, 0.1) is 20.1 Å². The lowest BCUT2D eigenvalue weighted by Gasteiger charge is -2.38. The third-order valence-corrected chi connectivity index (χ3v) is 6.56. The first-order valence-electron chi connectivity index (χ1n) is 11.5. The SMILES string of the molecule is CC[C@H](c1cccc(ON(C=O)CC2(CC(=O)OC)CCCCC2)c1)[C@@H](C)CN(C)C. The van der Waals surface area contributed by atoms with Crippen LogP contribution in [0, 0.1) is 11.3 Å². The van der Waals surface area contributed by atoms with E-state index in [0.717, 1.165) is 51.5 Å². The Morgan fingerprint density at radius 1 is 1.23 bits per heavy atom. The fourth-order valence-corrected chi connectivity index (χ4v) is 5.10. The summed E-state index contributed by atoms with van der Waals surface area (Å²) in [5.74, 6) is 1.35. The molecule has 2 rings (SSSR count). The van der Waals surface area contributed by atoms with Gasteiger partial charge in [0, 0.05) is 12.0 Å². The third kappa shape index (κ3) is 7.53. The zero-order valence-electron chi connectivity index (χ0n) is 19.9. The van der Waals surface area contributed by atoms with Crippen LogP contribution in [0.15, 0.2) is 24.3 Å². The molecule has 1 amide bonds. The third-order valence-electron chi connectivity index (χ3n) is 6.56. The molecule has 0 N–H and O–H groups in total. The second-order valence-electron chi connectivity index (χ2n) is 9.41. The molecule has 1 saturated carbocycles. The van der Waals surface area contributed by atoms with Gasteiger partial charge in [-0.1, -0.05) is 45.2 Å². The molecule has 6 nitrogen and oxygen atoms in total. The molecule has 0 spiro atoms. The van der Waals surface area contributed by atoms with Crippen molar-refractivity contribution in [3.8, 4) is 5.75 Å². The largest absolute Gasteiger partial charge is 0.469 e. The normalized spacial score (nSPS) is 17.6. The summed E-state index contributed by atoms with van der Waals surface area (Å²) in [6.07, 6.45) is 7.16. The number of hydroxylamine groups is 2. The molecule has 1 aromatic carbocycles.